The van der Waals surface area contributed by atoms with E-state index in [1.54, 1.807) is 29.2 Å². The topological polar surface area (TPSA) is 87.7 Å². The molecule has 3 heterocycles. The molecule has 210 valence electrons. The Morgan fingerprint density at radius 3 is 2.65 bits per heavy atom. The summed E-state index contributed by atoms with van der Waals surface area (Å²) in [4.78, 5) is 43.6. The molecular weight excluding hydrogens is 526 g/mol. The van der Waals surface area contributed by atoms with E-state index < -0.39 is 29.6 Å². The highest BCUT2D eigenvalue weighted by Crippen LogP contribution is 2.55. The molecule has 8 atom stereocenters. The molecule has 8 heteroatoms. The van der Waals surface area contributed by atoms with Gasteiger partial charge >= 0.3 is 0 Å². The van der Waals surface area contributed by atoms with Gasteiger partial charge in [0.25, 0.3) is 0 Å². The van der Waals surface area contributed by atoms with E-state index >= 15 is 0 Å². The lowest BCUT2D eigenvalue weighted by Crippen LogP contribution is -2.58. The van der Waals surface area contributed by atoms with E-state index in [9.17, 15) is 14.4 Å². The lowest BCUT2D eigenvalue weighted by molar-refractivity contribution is -0.141. The van der Waals surface area contributed by atoms with Crippen molar-refractivity contribution in [3.05, 3.63) is 77.3 Å². The highest BCUT2D eigenvalue weighted by Gasteiger charge is 2.72. The molecule has 3 amide bonds. The van der Waals surface area contributed by atoms with E-state index in [4.69, 9.17) is 16.3 Å². The van der Waals surface area contributed by atoms with Crippen LogP contribution in [-0.4, -0.2) is 53.0 Å². The van der Waals surface area contributed by atoms with Gasteiger partial charge in [0, 0.05) is 23.3 Å². The molecule has 2 N–H and O–H groups in total. The van der Waals surface area contributed by atoms with Gasteiger partial charge in [0.05, 0.1) is 17.9 Å². The standard InChI is InChI=1S/C32H36ClN3O4/c1-19-8-6-13-24(20(19)2)35-30(38)28-32-16-14-25(40-32)26(29(37)34-23-12-7-11-22(33)18-23)27(32)31(39)36(28)17-15-21-9-4-3-5-10-21/h3-5,7,9-12,14,16,18-20,24-28H,6,8,13,15,17H2,1-2H3,(H,34,37)(H,35,38)/t19-,20-,24+,25+,26+,27+,28+,32+/m1/s1. The number of benzene rings is 2. The summed E-state index contributed by atoms with van der Waals surface area (Å²) in [6, 6.07) is 16.0. The maximum atomic E-state index is 14.2. The molecule has 2 bridgehead atoms. The smallest absolute Gasteiger partial charge is 0.246 e. The summed E-state index contributed by atoms with van der Waals surface area (Å²) in [5.41, 5.74) is 0.455. The van der Waals surface area contributed by atoms with Crippen LogP contribution in [0.15, 0.2) is 66.7 Å². The largest absolute Gasteiger partial charge is 0.359 e. The number of ether oxygens (including phenoxy) is 1. The molecule has 3 fully saturated rings. The molecule has 1 spiro atoms. The van der Waals surface area contributed by atoms with Gasteiger partial charge in [-0.2, -0.15) is 0 Å². The Hall–Kier alpha value is -3.16. The fraction of sp³-hybridized carbons (Fsp3) is 0.469. The summed E-state index contributed by atoms with van der Waals surface area (Å²) in [5, 5.41) is 6.74. The summed E-state index contributed by atoms with van der Waals surface area (Å²) in [5.74, 6) is -1.39. The number of rotatable bonds is 7. The average Bonchev–Trinajstić information content (AvgIpc) is 3.58. The minimum absolute atomic E-state index is 0.0438. The Kier molecular flexibility index (Phi) is 7.21. The first-order chi connectivity index (χ1) is 19.3. The molecule has 2 aromatic carbocycles. The molecule has 0 aromatic heterocycles. The van der Waals surface area contributed by atoms with Gasteiger partial charge in [-0.25, -0.2) is 0 Å². The monoisotopic (exact) mass is 561 g/mol. The van der Waals surface area contributed by atoms with Crippen LogP contribution in [0.3, 0.4) is 0 Å². The third kappa shape index (κ3) is 4.63. The van der Waals surface area contributed by atoms with Crippen molar-refractivity contribution < 1.29 is 19.1 Å². The van der Waals surface area contributed by atoms with Crippen LogP contribution in [0.25, 0.3) is 0 Å². The second-order valence-corrected chi connectivity index (χ2v) is 12.3. The second kappa shape index (κ2) is 10.7. The second-order valence-electron chi connectivity index (χ2n) is 11.9. The Labute approximate surface area is 240 Å². The van der Waals surface area contributed by atoms with E-state index in [1.807, 2.05) is 42.5 Å². The zero-order valence-electron chi connectivity index (χ0n) is 22.9. The number of likely N-dealkylation sites (tertiary alicyclic amines) is 1. The molecule has 3 aliphatic heterocycles. The molecule has 1 aliphatic carbocycles. The number of amides is 3. The van der Waals surface area contributed by atoms with Crippen LogP contribution in [0.5, 0.6) is 0 Å². The van der Waals surface area contributed by atoms with E-state index in [2.05, 4.69) is 24.5 Å². The van der Waals surface area contributed by atoms with Crippen LogP contribution in [0.2, 0.25) is 5.02 Å². The first-order valence-corrected chi connectivity index (χ1v) is 14.7. The zero-order valence-corrected chi connectivity index (χ0v) is 23.6. The third-order valence-corrected chi connectivity index (χ3v) is 9.77. The number of anilines is 1. The SMILES string of the molecule is C[C@@H]1[C@H](C)CCC[C@@H]1NC(=O)[C@@H]1N(CCc2ccccc2)C(=O)[C@@H]2[C@@H](C(=O)Nc3cccc(Cl)c3)[C@@H]3C=C[C@]21O3. The van der Waals surface area contributed by atoms with E-state index in [-0.39, 0.29) is 23.8 Å². The van der Waals surface area contributed by atoms with Gasteiger partial charge in [-0.1, -0.05) is 86.8 Å². The Bertz CT molecular complexity index is 1330. The van der Waals surface area contributed by atoms with Crippen molar-refractivity contribution >= 4 is 35.0 Å². The Morgan fingerprint density at radius 1 is 1.07 bits per heavy atom. The summed E-state index contributed by atoms with van der Waals surface area (Å²) >= 11 is 6.13. The summed E-state index contributed by atoms with van der Waals surface area (Å²) in [6.07, 6.45) is 6.87. The first kappa shape index (κ1) is 27.0. The fourth-order valence-corrected chi connectivity index (χ4v) is 7.43. The quantitative estimate of drug-likeness (QED) is 0.483. The van der Waals surface area contributed by atoms with Gasteiger partial charge in [0.15, 0.2) is 0 Å². The lowest BCUT2D eigenvalue weighted by atomic mass is 9.73. The van der Waals surface area contributed by atoms with Crippen LogP contribution in [-0.2, 0) is 25.5 Å². The zero-order chi connectivity index (χ0) is 28.0. The first-order valence-electron chi connectivity index (χ1n) is 14.4. The van der Waals surface area contributed by atoms with Crippen LogP contribution in [0, 0.1) is 23.7 Å². The van der Waals surface area contributed by atoms with Crippen molar-refractivity contribution in [3.8, 4) is 0 Å². The maximum Gasteiger partial charge on any atom is 0.246 e. The molecule has 7 nitrogen and oxygen atoms in total. The van der Waals surface area contributed by atoms with Crippen molar-refractivity contribution in [1.82, 2.24) is 10.2 Å². The van der Waals surface area contributed by atoms with Crippen LogP contribution >= 0.6 is 11.6 Å². The van der Waals surface area contributed by atoms with E-state index in [0.29, 0.717) is 35.5 Å². The van der Waals surface area contributed by atoms with E-state index in [0.717, 1.165) is 24.8 Å². The summed E-state index contributed by atoms with van der Waals surface area (Å²) < 4.78 is 6.48. The number of fused-ring (bicyclic) bond motifs is 1. The number of nitrogens with one attached hydrogen (secondary N) is 2. The number of hydrogen-bond acceptors (Lipinski definition) is 4. The summed E-state index contributed by atoms with van der Waals surface area (Å²) in [7, 11) is 0. The lowest BCUT2D eigenvalue weighted by Gasteiger charge is -2.38. The molecule has 6 rings (SSSR count). The number of hydrogen-bond donors (Lipinski definition) is 2. The fourth-order valence-electron chi connectivity index (χ4n) is 7.24. The summed E-state index contributed by atoms with van der Waals surface area (Å²) in [6.45, 7) is 4.79. The minimum Gasteiger partial charge on any atom is -0.359 e. The molecule has 2 saturated heterocycles. The average molecular weight is 562 g/mol. The number of halogens is 1. The highest BCUT2D eigenvalue weighted by molar-refractivity contribution is 6.30. The normalized spacial score (nSPS) is 34.1. The van der Waals surface area contributed by atoms with Gasteiger partial charge in [-0.15, -0.1) is 0 Å². The number of carbonyl (C=O) groups excluding carboxylic acids is 3. The van der Waals surface area contributed by atoms with Gasteiger partial charge < -0.3 is 20.3 Å². The number of nitrogens with zero attached hydrogens (tertiary/aromatic N) is 1. The van der Waals surface area contributed by atoms with Gasteiger partial charge in [0.2, 0.25) is 17.7 Å². The van der Waals surface area contributed by atoms with Crippen molar-refractivity contribution in [3.63, 3.8) is 0 Å². The van der Waals surface area contributed by atoms with Crippen molar-refractivity contribution in [1.29, 1.82) is 0 Å². The number of carbonyl (C=O) groups is 3. The van der Waals surface area contributed by atoms with Gasteiger partial charge in [0.1, 0.15) is 11.6 Å². The molecule has 2 aromatic rings. The molecule has 0 radical (unpaired) electrons. The maximum absolute atomic E-state index is 14.2. The third-order valence-electron chi connectivity index (χ3n) is 9.54. The molecule has 1 saturated carbocycles. The Balaban J connectivity index is 1.30. The van der Waals surface area contributed by atoms with Crippen LogP contribution < -0.4 is 10.6 Å². The molecule has 4 aliphatic rings. The van der Waals surface area contributed by atoms with Crippen molar-refractivity contribution in [2.45, 2.75) is 63.3 Å². The van der Waals surface area contributed by atoms with Crippen molar-refractivity contribution in [2.24, 2.45) is 23.7 Å². The molecular formula is C32H36ClN3O4. The van der Waals surface area contributed by atoms with Gasteiger partial charge in [-0.3, -0.25) is 14.4 Å². The van der Waals surface area contributed by atoms with Crippen molar-refractivity contribution in [2.75, 3.05) is 11.9 Å². The minimum atomic E-state index is -1.18. The van der Waals surface area contributed by atoms with E-state index in [1.165, 1.54) is 0 Å². The van der Waals surface area contributed by atoms with Gasteiger partial charge in [-0.05, 0) is 48.4 Å². The molecule has 0 unspecified atom stereocenters. The predicted molar refractivity (Wildman–Crippen MR) is 154 cm³/mol. The predicted octanol–water partition coefficient (Wildman–Crippen LogP) is 4.61. The highest BCUT2D eigenvalue weighted by atomic mass is 35.5. The Morgan fingerprint density at radius 2 is 1.88 bits per heavy atom. The molecule has 40 heavy (non-hydrogen) atoms. The van der Waals surface area contributed by atoms with Crippen LogP contribution in [0.4, 0.5) is 5.69 Å². The van der Waals surface area contributed by atoms with Crippen LogP contribution in [0.1, 0.15) is 38.7 Å².